The maximum Gasteiger partial charge on any atom is 0.231 e. The molecule has 1 aliphatic carbocycles. The first kappa shape index (κ1) is 25.8. The summed E-state index contributed by atoms with van der Waals surface area (Å²) in [6.07, 6.45) is -0.101. The zero-order chi connectivity index (χ0) is 25.5. The molecule has 3 aromatic rings. The molecular weight excluding hydrogens is 557 g/mol. The van der Waals surface area contributed by atoms with Crippen LogP contribution < -0.4 is 5.32 Å². The first-order chi connectivity index (χ1) is 16.5. The number of Topliss-reactive ketones (excluding diaryl/α,β-unsaturated/α-hetero) is 1. The van der Waals surface area contributed by atoms with E-state index in [0.717, 1.165) is 6.07 Å². The average molecular weight is 571 g/mol. The number of ketones is 1. The Hall–Kier alpha value is -2.33. The molecule has 1 saturated carbocycles. The van der Waals surface area contributed by atoms with Gasteiger partial charge in [0.25, 0.3) is 0 Å². The third kappa shape index (κ3) is 5.28. The van der Waals surface area contributed by atoms with Gasteiger partial charge in [0.2, 0.25) is 5.91 Å². The summed E-state index contributed by atoms with van der Waals surface area (Å²) in [6, 6.07) is 15.0. The number of anilines is 1. The largest absolute Gasteiger partial charge is 0.326 e. The SMILES string of the molecule is N#Cc1cc(F)ccc1CC(=O)c1cccc(NC(=O)C2C(c3cc(Cl)c(Cl)c(Cl)c3)C2(Cl)Cl)c1. The van der Waals surface area contributed by atoms with Crippen LogP contribution in [0.5, 0.6) is 0 Å². The topological polar surface area (TPSA) is 70.0 Å². The van der Waals surface area contributed by atoms with Crippen LogP contribution in [-0.2, 0) is 11.2 Å². The molecule has 3 aromatic carbocycles. The standard InChI is InChI=1S/C25H14Cl5FN2O2/c26-18-8-14(9-19(27)23(18)28)21-22(25(21,29)30)24(35)33-17-3-1-2-13(7-17)20(34)10-12-4-5-16(31)6-15(12)11-32/h1-9,21-22H,10H2,(H,33,35). The first-order valence-corrected chi connectivity index (χ1v) is 12.1. The monoisotopic (exact) mass is 568 g/mol. The summed E-state index contributed by atoms with van der Waals surface area (Å²) >= 11 is 31.0. The van der Waals surface area contributed by atoms with Crippen LogP contribution >= 0.6 is 58.0 Å². The van der Waals surface area contributed by atoms with E-state index >= 15 is 0 Å². The van der Waals surface area contributed by atoms with Crippen LogP contribution in [0, 0.1) is 23.1 Å². The highest BCUT2D eigenvalue weighted by atomic mass is 35.5. The molecule has 1 N–H and O–H groups in total. The lowest BCUT2D eigenvalue weighted by Crippen LogP contribution is -2.17. The Morgan fingerprint density at radius 1 is 1.03 bits per heavy atom. The normalized spacial score (nSPS) is 18.0. The second-order valence-corrected chi connectivity index (χ2v) is 10.6. The van der Waals surface area contributed by atoms with Crippen LogP contribution in [0.25, 0.3) is 0 Å². The molecule has 1 fully saturated rings. The van der Waals surface area contributed by atoms with Crippen molar-refractivity contribution in [1.82, 2.24) is 0 Å². The van der Waals surface area contributed by atoms with Gasteiger partial charge in [0.1, 0.15) is 10.2 Å². The predicted molar refractivity (Wildman–Crippen MR) is 136 cm³/mol. The van der Waals surface area contributed by atoms with Gasteiger partial charge < -0.3 is 5.32 Å². The Balaban J connectivity index is 1.49. The fraction of sp³-hybridized carbons (Fsp3) is 0.160. The van der Waals surface area contributed by atoms with Crippen molar-refractivity contribution in [2.24, 2.45) is 5.92 Å². The van der Waals surface area contributed by atoms with E-state index in [1.807, 2.05) is 6.07 Å². The highest BCUT2D eigenvalue weighted by Gasteiger charge is 2.67. The Morgan fingerprint density at radius 2 is 1.71 bits per heavy atom. The van der Waals surface area contributed by atoms with Gasteiger partial charge in [0, 0.05) is 23.6 Å². The fourth-order valence-electron chi connectivity index (χ4n) is 3.89. The van der Waals surface area contributed by atoms with Crippen molar-refractivity contribution in [2.75, 3.05) is 5.32 Å². The van der Waals surface area contributed by atoms with Gasteiger partial charge >= 0.3 is 0 Å². The van der Waals surface area contributed by atoms with Gasteiger partial charge in [-0.1, -0.05) is 53.0 Å². The zero-order valence-corrected chi connectivity index (χ0v) is 21.4. The molecule has 0 spiro atoms. The maximum atomic E-state index is 13.4. The third-order valence-electron chi connectivity index (χ3n) is 5.70. The number of hydrogen-bond acceptors (Lipinski definition) is 3. The number of rotatable bonds is 6. The van der Waals surface area contributed by atoms with Gasteiger partial charge in [-0.25, -0.2) is 4.39 Å². The van der Waals surface area contributed by atoms with E-state index in [2.05, 4.69) is 5.32 Å². The summed E-state index contributed by atoms with van der Waals surface area (Å²) in [6.45, 7) is 0. The van der Waals surface area contributed by atoms with Crippen molar-refractivity contribution in [2.45, 2.75) is 16.7 Å². The third-order valence-corrected chi connectivity index (χ3v) is 7.83. The van der Waals surface area contributed by atoms with E-state index in [-0.39, 0.29) is 32.8 Å². The van der Waals surface area contributed by atoms with Gasteiger partial charge in [-0.15, -0.1) is 23.2 Å². The van der Waals surface area contributed by atoms with Crippen molar-refractivity contribution in [1.29, 1.82) is 5.26 Å². The summed E-state index contributed by atoms with van der Waals surface area (Å²) in [7, 11) is 0. The lowest BCUT2D eigenvalue weighted by Gasteiger charge is -2.08. The van der Waals surface area contributed by atoms with Crippen molar-refractivity contribution in [3.8, 4) is 6.07 Å². The lowest BCUT2D eigenvalue weighted by molar-refractivity contribution is -0.117. The second kappa shape index (κ2) is 9.97. The average Bonchev–Trinajstić information content (AvgIpc) is 3.40. The molecule has 0 aromatic heterocycles. The van der Waals surface area contributed by atoms with E-state index in [9.17, 15) is 19.2 Å². The molecule has 0 heterocycles. The van der Waals surface area contributed by atoms with Gasteiger partial charge in [-0.05, 0) is 47.5 Å². The van der Waals surface area contributed by atoms with Gasteiger partial charge in [0.15, 0.2) is 5.78 Å². The highest BCUT2D eigenvalue weighted by molar-refractivity contribution is 6.54. The number of carbonyl (C=O) groups excluding carboxylic acids is 2. The first-order valence-electron chi connectivity index (χ1n) is 10.2. The smallest absolute Gasteiger partial charge is 0.231 e. The number of hydrogen-bond donors (Lipinski definition) is 1. The van der Waals surface area contributed by atoms with Gasteiger partial charge in [-0.2, -0.15) is 5.26 Å². The molecule has 1 aliphatic rings. The number of amides is 1. The number of nitriles is 1. The molecule has 0 bridgehead atoms. The maximum absolute atomic E-state index is 13.4. The molecule has 0 radical (unpaired) electrons. The molecule has 35 heavy (non-hydrogen) atoms. The van der Waals surface area contributed by atoms with Crippen molar-refractivity contribution < 1.29 is 14.0 Å². The highest BCUT2D eigenvalue weighted by Crippen LogP contribution is 2.65. The summed E-state index contributed by atoms with van der Waals surface area (Å²) in [5.74, 6) is -2.67. The summed E-state index contributed by atoms with van der Waals surface area (Å²) < 4.78 is 12.0. The number of halogens is 6. The van der Waals surface area contributed by atoms with E-state index < -0.39 is 27.9 Å². The molecule has 178 valence electrons. The number of benzene rings is 3. The zero-order valence-electron chi connectivity index (χ0n) is 17.6. The summed E-state index contributed by atoms with van der Waals surface area (Å²) in [5, 5.41) is 12.6. The van der Waals surface area contributed by atoms with Crippen LogP contribution in [0.3, 0.4) is 0 Å². The fourth-order valence-corrected chi connectivity index (χ4v) is 5.34. The van der Waals surface area contributed by atoms with E-state index in [4.69, 9.17) is 58.0 Å². The van der Waals surface area contributed by atoms with Crippen molar-refractivity contribution in [3.05, 3.63) is 97.7 Å². The number of alkyl halides is 2. The van der Waals surface area contributed by atoms with Gasteiger partial charge in [0.05, 0.1) is 32.6 Å². The van der Waals surface area contributed by atoms with Crippen LogP contribution in [0.15, 0.2) is 54.6 Å². The Kier molecular flexibility index (Phi) is 7.33. The van der Waals surface area contributed by atoms with Crippen LogP contribution in [0.1, 0.15) is 33.0 Å². The molecule has 4 rings (SSSR count). The molecule has 0 saturated heterocycles. The van der Waals surface area contributed by atoms with Crippen molar-refractivity contribution in [3.63, 3.8) is 0 Å². The van der Waals surface area contributed by atoms with Crippen LogP contribution in [0.4, 0.5) is 10.1 Å². The molecule has 4 nitrogen and oxygen atoms in total. The van der Waals surface area contributed by atoms with Crippen LogP contribution in [0.2, 0.25) is 15.1 Å². The van der Waals surface area contributed by atoms with Gasteiger partial charge in [-0.3, -0.25) is 9.59 Å². The summed E-state index contributed by atoms with van der Waals surface area (Å²) in [4.78, 5) is 25.8. The minimum Gasteiger partial charge on any atom is -0.326 e. The Bertz CT molecular complexity index is 1380. The Labute approximate surface area is 225 Å². The number of carbonyl (C=O) groups is 2. The lowest BCUT2D eigenvalue weighted by atomic mass is 9.99. The minimum atomic E-state index is -1.38. The van der Waals surface area contributed by atoms with E-state index in [0.29, 0.717) is 22.4 Å². The molecule has 10 heteroatoms. The quantitative estimate of drug-likeness (QED) is 0.188. The van der Waals surface area contributed by atoms with Crippen molar-refractivity contribution >= 4 is 75.4 Å². The van der Waals surface area contributed by atoms with E-state index in [1.54, 1.807) is 30.3 Å². The molecule has 0 aliphatic heterocycles. The number of nitrogens with zero attached hydrogens (tertiary/aromatic N) is 1. The molecule has 2 unspecified atom stereocenters. The molecule has 2 atom stereocenters. The number of nitrogens with one attached hydrogen (secondary N) is 1. The predicted octanol–water partition coefficient (Wildman–Crippen LogP) is 7.61. The van der Waals surface area contributed by atoms with Crippen LogP contribution in [-0.4, -0.2) is 16.0 Å². The Morgan fingerprint density at radius 3 is 2.37 bits per heavy atom. The molecule has 1 amide bonds. The van der Waals surface area contributed by atoms with E-state index in [1.165, 1.54) is 18.2 Å². The minimum absolute atomic E-state index is 0.0885. The second-order valence-electron chi connectivity index (χ2n) is 8.01. The summed E-state index contributed by atoms with van der Waals surface area (Å²) in [5.41, 5.74) is 1.74. The molecular formula is C25H14Cl5FN2O2.